The predicted molar refractivity (Wildman–Crippen MR) is 120 cm³/mol. The van der Waals surface area contributed by atoms with Crippen LogP contribution in [0.25, 0.3) is 0 Å². The van der Waals surface area contributed by atoms with Gasteiger partial charge in [-0.3, -0.25) is 4.90 Å². The first-order chi connectivity index (χ1) is 14.6. The summed E-state index contributed by atoms with van der Waals surface area (Å²) in [5.74, 6) is 8.69. The first-order valence-corrected chi connectivity index (χ1v) is 11.4. The highest BCUT2D eigenvalue weighted by molar-refractivity contribution is 5.49. The van der Waals surface area contributed by atoms with E-state index in [4.69, 9.17) is 4.98 Å². The number of fused-ring (bicyclic) bond motifs is 3. The third-order valence-corrected chi connectivity index (χ3v) is 7.06. The van der Waals surface area contributed by atoms with E-state index < -0.39 is 5.60 Å². The summed E-state index contributed by atoms with van der Waals surface area (Å²) >= 11 is 0. The molecule has 5 heterocycles. The van der Waals surface area contributed by atoms with Crippen LogP contribution in [0.2, 0.25) is 0 Å². The number of hydrogen-bond donors (Lipinski definition) is 1. The largest absolute Gasteiger partial charge is 0.376 e. The quantitative estimate of drug-likeness (QED) is 0.801. The number of aliphatic hydroxyl groups is 1. The minimum atomic E-state index is -0.885. The molecule has 156 valence electrons. The van der Waals surface area contributed by atoms with E-state index in [0.29, 0.717) is 12.5 Å². The number of hydrogen-bond acceptors (Lipinski definition) is 4. The van der Waals surface area contributed by atoms with E-state index in [-0.39, 0.29) is 0 Å². The first kappa shape index (κ1) is 19.6. The molecule has 2 atom stereocenters. The second kappa shape index (κ2) is 8.06. The topological polar surface area (TPSA) is 39.6 Å². The minimum absolute atomic E-state index is 0.297. The van der Waals surface area contributed by atoms with Gasteiger partial charge in [-0.15, -0.1) is 0 Å². The van der Waals surface area contributed by atoms with E-state index in [2.05, 4.69) is 65.0 Å². The summed E-state index contributed by atoms with van der Waals surface area (Å²) in [6.07, 6.45) is 4.08. The molecular weight excluding hydrogens is 370 g/mol. The molecule has 2 aromatic rings. The average Bonchev–Trinajstić information content (AvgIpc) is 3.20. The molecule has 6 rings (SSSR count). The molecule has 0 saturated carbocycles. The van der Waals surface area contributed by atoms with Crippen LogP contribution >= 0.6 is 0 Å². The summed E-state index contributed by atoms with van der Waals surface area (Å²) in [6.45, 7) is 7.31. The molecule has 4 fully saturated rings. The molecule has 4 saturated heterocycles. The third kappa shape index (κ3) is 3.97. The van der Waals surface area contributed by atoms with Crippen LogP contribution in [0, 0.1) is 23.7 Å². The molecule has 4 aliphatic heterocycles. The van der Waals surface area contributed by atoms with Gasteiger partial charge in [-0.25, -0.2) is 4.98 Å². The SMILES string of the molecule is CC1CCN(c2ccc(C#CC3(O)CN4CCC3CC4)c(Cc3ccccc3)n2)C1. The Labute approximate surface area is 179 Å². The number of pyridine rings is 1. The van der Waals surface area contributed by atoms with Gasteiger partial charge >= 0.3 is 0 Å². The fourth-order valence-corrected chi connectivity index (χ4v) is 5.20. The smallest absolute Gasteiger partial charge is 0.141 e. The van der Waals surface area contributed by atoms with Crippen LogP contribution in [0.1, 0.15) is 43.0 Å². The van der Waals surface area contributed by atoms with Crippen molar-refractivity contribution in [1.29, 1.82) is 0 Å². The lowest BCUT2D eigenvalue weighted by atomic mass is 9.75. The number of aromatic nitrogens is 1. The highest BCUT2D eigenvalue weighted by atomic mass is 16.3. The van der Waals surface area contributed by atoms with Gasteiger partial charge in [-0.05, 0) is 56.0 Å². The van der Waals surface area contributed by atoms with E-state index in [9.17, 15) is 5.11 Å². The van der Waals surface area contributed by atoms with Crippen molar-refractivity contribution in [3.8, 4) is 11.8 Å². The van der Waals surface area contributed by atoms with Crippen LogP contribution in [0.3, 0.4) is 0 Å². The number of anilines is 1. The predicted octanol–water partition coefficient (Wildman–Crippen LogP) is 3.33. The van der Waals surface area contributed by atoms with Crippen LogP contribution < -0.4 is 4.90 Å². The van der Waals surface area contributed by atoms with Crippen LogP contribution in [0.4, 0.5) is 5.82 Å². The summed E-state index contributed by atoms with van der Waals surface area (Å²) in [7, 11) is 0. The fourth-order valence-electron chi connectivity index (χ4n) is 5.20. The molecule has 0 aliphatic carbocycles. The molecule has 2 unspecified atom stereocenters. The highest BCUT2D eigenvalue weighted by Crippen LogP contribution is 2.35. The van der Waals surface area contributed by atoms with Crippen LogP contribution in [0.5, 0.6) is 0 Å². The van der Waals surface area contributed by atoms with Crippen molar-refractivity contribution in [2.24, 2.45) is 11.8 Å². The molecule has 1 aromatic carbocycles. The number of benzene rings is 1. The maximum absolute atomic E-state index is 11.2. The highest BCUT2D eigenvalue weighted by Gasteiger charge is 2.44. The van der Waals surface area contributed by atoms with Gasteiger partial charge in [0.2, 0.25) is 0 Å². The second-order valence-electron chi connectivity index (χ2n) is 9.39. The van der Waals surface area contributed by atoms with E-state index in [0.717, 1.165) is 68.4 Å². The normalized spacial score (nSPS) is 30.2. The Hall–Kier alpha value is -2.35. The summed E-state index contributed by atoms with van der Waals surface area (Å²) in [6, 6.07) is 14.7. The number of rotatable bonds is 3. The van der Waals surface area contributed by atoms with Gasteiger partial charge < -0.3 is 10.0 Å². The maximum atomic E-state index is 11.2. The van der Waals surface area contributed by atoms with Gasteiger partial charge in [0, 0.05) is 37.5 Å². The Morgan fingerprint density at radius 3 is 2.53 bits per heavy atom. The zero-order valence-corrected chi connectivity index (χ0v) is 17.8. The van der Waals surface area contributed by atoms with Crippen molar-refractivity contribution in [3.63, 3.8) is 0 Å². The molecular formula is C26H31N3O. The van der Waals surface area contributed by atoms with Crippen molar-refractivity contribution in [2.45, 2.75) is 38.2 Å². The molecule has 1 N–H and O–H groups in total. The molecule has 1 aromatic heterocycles. The standard InChI is InChI=1S/C26H31N3O/c1-20-10-16-29(18-20)25-8-7-22(24(27-25)17-21-5-3-2-4-6-21)9-13-26(30)19-28-14-11-23(26)12-15-28/h2-8,20,23,30H,10-12,14-19H2,1H3. The minimum Gasteiger partial charge on any atom is -0.376 e. The summed E-state index contributed by atoms with van der Waals surface area (Å²) in [4.78, 5) is 9.78. The van der Waals surface area contributed by atoms with Gasteiger partial charge in [0.1, 0.15) is 11.4 Å². The summed E-state index contributed by atoms with van der Waals surface area (Å²) in [5.41, 5.74) is 2.31. The third-order valence-electron chi connectivity index (χ3n) is 7.06. The zero-order valence-electron chi connectivity index (χ0n) is 17.8. The van der Waals surface area contributed by atoms with Gasteiger partial charge in [0.15, 0.2) is 0 Å². The van der Waals surface area contributed by atoms with Crippen molar-refractivity contribution in [2.75, 3.05) is 37.6 Å². The second-order valence-corrected chi connectivity index (χ2v) is 9.39. The molecule has 2 bridgehead atoms. The molecule has 0 radical (unpaired) electrons. The Balaban J connectivity index is 1.46. The van der Waals surface area contributed by atoms with E-state index >= 15 is 0 Å². The lowest BCUT2D eigenvalue weighted by Crippen LogP contribution is -2.58. The van der Waals surface area contributed by atoms with Crippen LogP contribution in [-0.2, 0) is 6.42 Å². The Bertz CT molecular complexity index is 955. The lowest BCUT2D eigenvalue weighted by Gasteiger charge is -2.47. The first-order valence-electron chi connectivity index (χ1n) is 11.4. The van der Waals surface area contributed by atoms with Crippen molar-refractivity contribution < 1.29 is 5.11 Å². The van der Waals surface area contributed by atoms with Crippen molar-refractivity contribution >= 4 is 5.82 Å². The van der Waals surface area contributed by atoms with Crippen LogP contribution in [0.15, 0.2) is 42.5 Å². The van der Waals surface area contributed by atoms with Gasteiger partial charge in [-0.1, -0.05) is 49.1 Å². The number of piperidine rings is 3. The molecule has 4 heteroatoms. The van der Waals surface area contributed by atoms with Gasteiger partial charge in [0.05, 0.1) is 5.69 Å². The monoisotopic (exact) mass is 401 g/mol. The molecule has 0 amide bonds. The van der Waals surface area contributed by atoms with E-state index in [1.54, 1.807) is 0 Å². The Morgan fingerprint density at radius 2 is 1.87 bits per heavy atom. The Kier molecular flexibility index (Phi) is 5.26. The molecule has 4 nitrogen and oxygen atoms in total. The van der Waals surface area contributed by atoms with E-state index in [1.165, 1.54) is 12.0 Å². The Morgan fingerprint density at radius 1 is 1.07 bits per heavy atom. The summed E-state index contributed by atoms with van der Waals surface area (Å²) in [5, 5.41) is 11.2. The molecule has 4 aliphatic rings. The van der Waals surface area contributed by atoms with Crippen molar-refractivity contribution in [3.05, 3.63) is 59.3 Å². The van der Waals surface area contributed by atoms with Crippen molar-refractivity contribution in [1.82, 2.24) is 9.88 Å². The molecule has 0 spiro atoms. The average molecular weight is 402 g/mol. The van der Waals surface area contributed by atoms with Crippen LogP contribution in [-0.4, -0.2) is 53.3 Å². The summed E-state index contributed by atoms with van der Waals surface area (Å²) < 4.78 is 0. The fraction of sp³-hybridized carbons (Fsp3) is 0.500. The zero-order chi connectivity index (χ0) is 20.6. The molecule has 30 heavy (non-hydrogen) atoms. The number of nitrogens with zero attached hydrogens (tertiary/aromatic N) is 3. The maximum Gasteiger partial charge on any atom is 0.141 e. The van der Waals surface area contributed by atoms with E-state index in [1.807, 2.05) is 6.07 Å². The lowest BCUT2D eigenvalue weighted by molar-refractivity contribution is -0.0713. The van der Waals surface area contributed by atoms with Gasteiger partial charge in [-0.2, -0.15) is 0 Å². The van der Waals surface area contributed by atoms with Gasteiger partial charge in [0.25, 0.3) is 0 Å².